The fourth-order valence-electron chi connectivity index (χ4n) is 1.02. The van der Waals surface area contributed by atoms with E-state index in [1.54, 1.807) is 0 Å². The standard InChI is InChI=1S/C8H3F3N2O2/c9-6(10)5-4(8(14)15)3(1-12)2-13-7(5)11/h2,6H,(H,14,15). The Hall–Kier alpha value is -2.10. The van der Waals surface area contributed by atoms with E-state index in [-0.39, 0.29) is 0 Å². The molecule has 1 aromatic rings. The second-order valence-corrected chi connectivity index (χ2v) is 2.47. The molecule has 7 heteroatoms. The second kappa shape index (κ2) is 3.96. The number of hydrogen-bond donors (Lipinski definition) is 1. The summed E-state index contributed by atoms with van der Waals surface area (Å²) in [6.45, 7) is 0. The van der Waals surface area contributed by atoms with Crippen LogP contribution in [0.1, 0.15) is 27.9 Å². The number of alkyl halides is 2. The molecule has 4 nitrogen and oxygen atoms in total. The molecule has 0 aliphatic heterocycles. The van der Waals surface area contributed by atoms with Crippen LogP contribution in [0.5, 0.6) is 0 Å². The highest BCUT2D eigenvalue weighted by Gasteiger charge is 2.26. The van der Waals surface area contributed by atoms with Crippen molar-refractivity contribution >= 4 is 5.97 Å². The number of halogens is 3. The van der Waals surface area contributed by atoms with Gasteiger partial charge in [-0.1, -0.05) is 0 Å². The van der Waals surface area contributed by atoms with Crippen LogP contribution in [0.3, 0.4) is 0 Å². The van der Waals surface area contributed by atoms with Gasteiger partial charge in [-0.25, -0.2) is 18.6 Å². The lowest BCUT2D eigenvalue weighted by atomic mass is 10.1. The fraction of sp³-hybridized carbons (Fsp3) is 0.125. The Bertz CT molecular complexity index is 454. The predicted octanol–water partition coefficient (Wildman–Crippen LogP) is 1.73. The molecular weight excluding hydrogens is 213 g/mol. The van der Waals surface area contributed by atoms with Crippen LogP contribution >= 0.6 is 0 Å². The van der Waals surface area contributed by atoms with Crippen LogP contribution in [-0.2, 0) is 0 Å². The average molecular weight is 216 g/mol. The van der Waals surface area contributed by atoms with Gasteiger partial charge in [0.25, 0.3) is 6.43 Å². The van der Waals surface area contributed by atoms with E-state index in [0.717, 1.165) is 0 Å². The maximum absolute atomic E-state index is 12.8. The molecule has 1 rings (SSSR count). The van der Waals surface area contributed by atoms with Crippen LogP contribution in [0.4, 0.5) is 13.2 Å². The molecular formula is C8H3F3N2O2. The summed E-state index contributed by atoms with van der Waals surface area (Å²) < 4.78 is 37.4. The Balaban J connectivity index is 3.60. The van der Waals surface area contributed by atoms with E-state index in [0.29, 0.717) is 6.20 Å². The lowest BCUT2D eigenvalue weighted by Crippen LogP contribution is -2.10. The largest absolute Gasteiger partial charge is 0.478 e. The number of pyridine rings is 1. The number of hydrogen-bond acceptors (Lipinski definition) is 3. The zero-order chi connectivity index (χ0) is 11.6. The van der Waals surface area contributed by atoms with Gasteiger partial charge in [-0.2, -0.15) is 9.65 Å². The van der Waals surface area contributed by atoms with Gasteiger partial charge in [0.05, 0.1) is 16.7 Å². The molecule has 0 aliphatic rings. The fourth-order valence-corrected chi connectivity index (χ4v) is 1.02. The van der Waals surface area contributed by atoms with Crippen LogP contribution in [-0.4, -0.2) is 16.1 Å². The van der Waals surface area contributed by atoms with Gasteiger partial charge in [0.1, 0.15) is 6.07 Å². The summed E-state index contributed by atoms with van der Waals surface area (Å²) in [7, 11) is 0. The van der Waals surface area contributed by atoms with Crippen LogP contribution in [0.25, 0.3) is 0 Å². The average Bonchev–Trinajstić information content (AvgIpc) is 2.16. The van der Waals surface area contributed by atoms with E-state index in [2.05, 4.69) is 4.98 Å². The monoisotopic (exact) mass is 216 g/mol. The molecule has 0 aliphatic carbocycles. The second-order valence-electron chi connectivity index (χ2n) is 2.47. The molecule has 1 heterocycles. The van der Waals surface area contributed by atoms with E-state index in [9.17, 15) is 18.0 Å². The van der Waals surface area contributed by atoms with E-state index in [1.165, 1.54) is 6.07 Å². The Morgan fingerprint density at radius 1 is 1.60 bits per heavy atom. The van der Waals surface area contributed by atoms with Crippen LogP contribution < -0.4 is 0 Å². The van der Waals surface area contributed by atoms with Gasteiger partial charge < -0.3 is 5.11 Å². The summed E-state index contributed by atoms with van der Waals surface area (Å²) in [4.78, 5) is 13.5. The molecule has 0 radical (unpaired) electrons. The lowest BCUT2D eigenvalue weighted by molar-refractivity contribution is 0.0681. The van der Waals surface area contributed by atoms with Gasteiger partial charge in [0.2, 0.25) is 5.95 Å². The molecule has 0 amide bonds. The maximum atomic E-state index is 12.8. The summed E-state index contributed by atoms with van der Waals surface area (Å²) in [5, 5.41) is 17.0. The smallest absolute Gasteiger partial charge is 0.337 e. The number of nitriles is 1. The van der Waals surface area contributed by atoms with Crippen molar-refractivity contribution in [1.82, 2.24) is 4.98 Å². The quantitative estimate of drug-likeness (QED) is 0.764. The number of carboxylic acids is 1. The molecule has 78 valence electrons. The summed E-state index contributed by atoms with van der Waals surface area (Å²) in [5.74, 6) is -3.37. The Labute approximate surface area is 81.6 Å². The van der Waals surface area contributed by atoms with E-state index >= 15 is 0 Å². The van der Waals surface area contributed by atoms with Crippen LogP contribution in [0, 0.1) is 17.3 Å². The van der Waals surface area contributed by atoms with Gasteiger partial charge in [-0.15, -0.1) is 0 Å². The SMILES string of the molecule is N#Cc1cnc(F)c(C(F)F)c1C(=O)O. The maximum Gasteiger partial charge on any atom is 0.337 e. The van der Waals surface area contributed by atoms with Crippen LogP contribution in [0.15, 0.2) is 6.20 Å². The third-order valence-electron chi connectivity index (χ3n) is 1.62. The van der Waals surface area contributed by atoms with E-state index in [4.69, 9.17) is 10.4 Å². The van der Waals surface area contributed by atoms with Crippen molar-refractivity contribution in [3.8, 4) is 6.07 Å². The minimum absolute atomic E-state index is 0.598. The van der Waals surface area contributed by atoms with Gasteiger partial charge in [-0.05, 0) is 0 Å². The van der Waals surface area contributed by atoms with E-state index < -0.39 is 35.0 Å². The molecule has 0 saturated heterocycles. The molecule has 1 N–H and O–H groups in total. The first-order chi connectivity index (χ1) is 6.99. The highest BCUT2D eigenvalue weighted by atomic mass is 19.3. The number of nitrogens with zero attached hydrogens (tertiary/aromatic N) is 2. The Morgan fingerprint density at radius 2 is 2.20 bits per heavy atom. The van der Waals surface area contributed by atoms with Crippen molar-refractivity contribution in [2.45, 2.75) is 6.43 Å². The number of carboxylic acid groups (broad SMARTS) is 1. The lowest BCUT2D eigenvalue weighted by Gasteiger charge is -2.06. The highest BCUT2D eigenvalue weighted by Crippen LogP contribution is 2.26. The third-order valence-corrected chi connectivity index (χ3v) is 1.62. The Morgan fingerprint density at radius 3 is 2.60 bits per heavy atom. The first-order valence-electron chi connectivity index (χ1n) is 3.59. The minimum Gasteiger partial charge on any atom is -0.478 e. The normalized spacial score (nSPS) is 10.1. The summed E-state index contributed by atoms with van der Waals surface area (Å²) >= 11 is 0. The number of aromatic carboxylic acids is 1. The third kappa shape index (κ3) is 1.88. The first kappa shape index (κ1) is 11.0. The van der Waals surface area contributed by atoms with Gasteiger partial charge in [0.15, 0.2) is 0 Å². The highest BCUT2D eigenvalue weighted by molar-refractivity contribution is 5.92. The van der Waals surface area contributed by atoms with Crippen molar-refractivity contribution in [3.05, 3.63) is 28.8 Å². The van der Waals surface area contributed by atoms with Gasteiger partial charge in [0, 0.05) is 6.20 Å². The van der Waals surface area contributed by atoms with Gasteiger partial charge in [-0.3, -0.25) is 0 Å². The molecule has 0 aromatic carbocycles. The predicted molar refractivity (Wildman–Crippen MR) is 40.8 cm³/mol. The Kier molecular flexibility index (Phi) is 2.90. The summed E-state index contributed by atoms with van der Waals surface area (Å²) in [6, 6.07) is 1.36. The molecule has 1 aromatic heterocycles. The van der Waals surface area contributed by atoms with Crippen LogP contribution in [0.2, 0.25) is 0 Å². The molecule has 0 spiro atoms. The van der Waals surface area contributed by atoms with Gasteiger partial charge >= 0.3 is 5.97 Å². The topological polar surface area (TPSA) is 74.0 Å². The molecule has 0 atom stereocenters. The zero-order valence-electron chi connectivity index (χ0n) is 7.04. The summed E-state index contributed by atoms with van der Waals surface area (Å²) in [5.41, 5.74) is -3.00. The minimum atomic E-state index is -3.34. The molecule has 0 saturated carbocycles. The van der Waals surface area contributed by atoms with Crippen molar-refractivity contribution in [1.29, 1.82) is 5.26 Å². The first-order valence-corrected chi connectivity index (χ1v) is 3.59. The summed E-state index contributed by atoms with van der Waals surface area (Å²) in [6.07, 6.45) is -2.73. The van der Waals surface area contributed by atoms with Crippen molar-refractivity contribution in [2.75, 3.05) is 0 Å². The molecule has 15 heavy (non-hydrogen) atoms. The molecule has 0 bridgehead atoms. The van der Waals surface area contributed by atoms with Crippen molar-refractivity contribution < 1.29 is 23.1 Å². The van der Waals surface area contributed by atoms with Crippen molar-refractivity contribution in [3.63, 3.8) is 0 Å². The zero-order valence-corrected chi connectivity index (χ0v) is 7.04. The number of aromatic nitrogens is 1. The number of carbonyl (C=O) groups is 1. The van der Waals surface area contributed by atoms with Crippen molar-refractivity contribution in [2.24, 2.45) is 0 Å². The molecule has 0 fully saturated rings. The molecule has 0 unspecified atom stereocenters. The number of rotatable bonds is 2. The van der Waals surface area contributed by atoms with E-state index in [1.807, 2.05) is 0 Å².